The van der Waals surface area contributed by atoms with Crippen LogP contribution in [-0.2, 0) is 16.1 Å². The van der Waals surface area contributed by atoms with Crippen LogP contribution in [0.4, 0.5) is 13.2 Å². The Labute approximate surface area is 123 Å². The van der Waals surface area contributed by atoms with Crippen molar-refractivity contribution in [3.63, 3.8) is 0 Å². The molecule has 0 radical (unpaired) electrons. The summed E-state index contributed by atoms with van der Waals surface area (Å²) in [6.45, 7) is -1.93. The van der Waals surface area contributed by atoms with E-state index < -0.39 is 25.3 Å². The van der Waals surface area contributed by atoms with Crippen LogP contribution < -0.4 is 5.32 Å². The minimum absolute atomic E-state index is 0.158. The van der Waals surface area contributed by atoms with Crippen molar-refractivity contribution in [3.8, 4) is 5.82 Å². The van der Waals surface area contributed by atoms with Crippen LogP contribution in [0.1, 0.15) is 5.56 Å². The molecule has 0 fully saturated rings. The lowest BCUT2D eigenvalue weighted by Crippen LogP contribution is -2.29. The molecule has 0 atom stereocenters. The van der Waals surface area contributed by atoms with Crippen molar-refractivity contribution < 1.29 is 22.7 Å². The second-order valence-electron chi connectivity index (χ2n) is 4.36. The molecule has 0 unspecified atom stereocenters. The number of carbonyl (C=O) groups is 1. The van der Waals surface area contributed by atoms with E-state index in [1.54, 1.807) is 41.5 Å². The topological polar surface area (TPSA) is 69.0 Å². The van der Waals surface area contributed by atoms with E-state index in [0.717, 1.165) is 5.56 Å². The number of alkyl halides is 3. The normalized spacial score (nSPS) is 11.4. The molecule has 0 aromatic carbocycles. The molecule has 2 rings (SSSR count). The minimum atomic E-state index is -4.44. The highest BCUT2D eigenvalue weighted by molar-refractivity contribution is 5.77. The maximum absolute atomic E-state index is 11.9. The highest BCUT2D eigenvalue weighted by Gasteiger charge is 2.27. The first-order valence-electron chi connectivity index (χ1n) is 6.30. The molecular formula is C13H13F3N4O2. The number of ether oxygens (including phenoxy) is 1. The largest absolute Gasteiger partial charge is 0.411 e. The molecule has 0 aliphatic rings. The van der Waals surface area contributed by atoms with Gasteiger partial charge >= 0.3 is 6.18 Å². The van der Waals surface area contributed by atoms with Gasteiger partial charge in [0.25, 0.3) is 0 Å². The number of carbonyl (C=O) groups excluding carboxylic acids is 1. The number of hydrogen-bond donors (Lipinski definition) is 1. The molecule has 9 heteroatoms. The van der Waals surface area contributed by atoms with Crippen LogP contribution in [0.2, 0.25) is 0 Å². The van der Waals surface area contributed by atoms with Gasteiger partial charge in [-0.2, -0.15) is 18.3 Å². The number of halogens is 3. The summed E-state index contributed by atoms with van der Waals surface area (Å²) in [5.74, 6) is -0.0493. The number of pyridine rings is 1. The van der Waals surface area contributed by atoms with Crippen molar-refractivity contribution in [3.05, 3.63) is 42.4 Å². The van der Waals surface area contributed by atoms with E-state index in [-0.39, 0.29) is 6.54 Å². The predicted molar refractivity (Wildman–Crippen MR) is 70.1 cm³/mol. The second-order valence-corrected chi connectivity index (χ2v) is 4.36. The third kappa shape index (κ3) is 5.17. The first-order valence-corrected chi connectivity index (χ1v) is 6.30. The third-order valence-corrected chi connectivity index (χ3v) is 2.54. The summed E-state index contributed by atoms with van der Waals surface area (Å²) in [7, 11) is 0. The van der Waals surface area contributed by atoms with Gasteiger partial charge < -0.3 is 10.1 Å². The Morgan fingerprint density at radius 1 is 1.36 bits per heavy atom. The number of nitrogens with zero attached hydrogens (tertiary/aromatic N) is 3. The molecule has 2 aromatic rings. The number of aromatic nitrogens is 3. The Kier molecular flexibility index (Phi) is 5.10. The fourth-order valence-electron chi connectivity index (χ4n) is 1.61. The average molecular weight is 314 g/mol. The summed E-state index contributed by atoms with van der Waals surface area (Å²) in [6, 6.07) is 5.14. The Morgan fingerprint density at radius 3 is 2.86 bits per heavy atom. The zero-order valence-corrected chi connectivity index (χ0v) is 11.4. The number of amides is 1. The van der Waals surface area contributed by atoms with Crippen molar-refractivity contribution in [2.24, 2.45) is 0 Å². The average Bonchev–Trinajstić information content (AvgIpc) is 2.98. The second kappa shape index (κ2) is 7.03. The maximum atomic E-state index is 11.9. The summed E-state index contributed by atoms with van der Waals surface area (Å²) in [5, 5.41) is 6.50. The molecule has 2 aromatic heterocycles. The summed E-state index contributed by atoms with van der Waals surface area (Å²) < 4.78 is 41.4. The molecule has 0 saturated heterocycles. The van der Waals surface area contributed by atoms with E-state index in [0.29, 0.717) is 5.82 Å². The summed E-state index contributed by atoms with van der Waals surface area (Å²) in [6.07, 6.45) is 0.437. The Bertz CT molecular complexity index is 614. The number of nitrogens with one attached hydrogen (secondary N) is 1. The Balaban J connectivity index is 1.82. The van der Waals surface area contributed by atoms with Gasteiger partial charge in [0, 0.05) is 25.1 Å². The lowest BCUT2D eigenvalue weighted by Gasteiger charge is -2.09. The van der Waals surface area contributed by atoms with Gasteiger partial charge in [-0.15, -0.1) is 0 Å². The molecule has 0 aliphatic carbocycles. The monoisotopic (exact) mass is 314 g/mol. The summed E-state index contributed by atoms with van der Waals surface area (Å²) >= 11 is 0. The van der Waals surface area contributed by atoms with E-state index in [2.05, 4.69) is 20.1 Å². The fourth-order valence-corrected chi connectivity index (χ4v) is 1.61. The Hall–Kier alpha value is -2.42. The van der Waals surface area contributed by atoms with Gasteiger partial charge in [0.05, 0.1) is 0 Å². The molecule has 1 amide bonds. The maximum Gasteiger partial charge on any atom is 0.411 e. The molecular weight excluding hydrogens is 301 g/mol. The molecule has 6 nitrogen and oxygen atoms in total. The first kappa shape index (κ1) is 16.0. The molecule has 118 valence electrons. The Morgan fingerprint density at radius 2 is 2.18 bits per heavy atom. The van der Waals surface area contributed by atoms with E-state index in [1.165, 1.54) is 0 Å². The zero-order valence-electron chi connectivity index (χ0n) is 11.4. The molecule has 22 heavy (non-hydrogen) atoms. The first-order chi connectivity index (χ1) is 10.4. The van der Waals surface area contributed by atoms with Crippen LogP contribution in [0.15, 0.2) is 36.8 Å². The van der Waals surface area contributed by atoms with Crippen molar-refractivity contribution >= 4 is 5.91 Å². The third-order valence-electron chi connectivity index (χ3n) is 2.54. The van der Waals surface area contributed by atoms with Gasteiger partial charge in [0.2, 0.25) is 5.91 Å². The predicted octanol–water partition coefficient (Wildman–Crippen LogP) is 1.46. The van der Waals surface area contributed by atoms with E-state index in [1.807, 2.05) is 0 Å². The molecule has 1 N–H and O–H groups in total. The number of rotatable bonds is 6. The standard InChI is InChI=1S/C13H13F3N4O2/c14-13(15,16)9-22-8-12(21)18-7-10-2-4-17-11(6-10)20-5-1-3-19-20/h1-6H,7-9H2,(H,18,21). The summed E-state index contributed by atoms with van der Waals surface area (Å²) in [5.41, 5.74) is 0.740. The smallest absolute Gasteiger partial charge is 0.362 e. The lowest BCUT2D eigenvalue weighted by molar-refractivity contribution is -0.175. The van der Waals surface area contributed by atoms with Crippen LogP contribution >= 0.6 is 0 Å². The molecule has 0 aliphatic heterocycles. The van der Waals surface area contributed by atoms with Crippen molar-refractivity contribution in [2.45, 2.75) is 12.7 Å². The van der Waals surface area contributed by atoms with E-state index in [4.69, 9.17) is 0 Å². The van der Waals surface area contributed by atoms with Crippen LogP contribution in [0, 0.1) is 0 Å². The van der Waals surface area contributed by atoms with E-state index in [9.17, 15) is 18.0 Å². The van der Waals surface area contributed by atoms with Crippen LogP contribution in [0.3, 0.4) is 0 Å². The van der Waals surface area contributed by atoms with Gasteiger partial charge in [0.1, 0.15) is 13.2 Å². The van der Waals surface area contributed by atoms with Crippen molar-refractivity contribution in [1.29, 1.82) is 0 Å². The molecule has 0 saturated carbocycles. The van der Waals surface area contributed by atoms with Gasteiger partial charge in [-0.05, 0) is 23.8 Å². The fraction of sp³-hybridized carbons (Fsp3) is 0.308. The highest BCUT2D eigenvalue weighted by Crippen LogP contribution is 2.14. The summed E-state index contributed by atoms with van der Waals surface area (Å²) in [4.78, 5) is 15.5. The van der Waals surface area contributed by atoms with Gasteiger partial charge in [0.15, 0.2) is 5.82 Å². The van der Waals surface area contributed by atoms with Crippen LogP contribution in [0.25, 0.3) is 5.82 Å². The highest BCUT2D eigenvalue weighted by atomic mass is 19.4. The SMILES string of the molecule is O=C(COCC(F)(F)F)NCc1ccnc(-n2cccn2)c1. The quantitative estimate of drug-likeness (QED) is 0.876. The lowest BCUT2D eigenvalue weighted by atomic mass is 10.2. The van der Waals surface area contributed by atoms with Gasteiger partial charge in [-0.25, -0.2) is 9.67 Å². The molecule has 0 spiro atoms. The minimum Gasteiger partial charge on any atom is -0.362 e. The zero-order chi connectivity index (χ0) is 16.0. The van der Waals surface area contributed by atoms with Crippen molar-refractivity contribution in [1.82, 2.24) is 20.1 Å². The van der Waals surface area contributed by atoms with Crippen molar-refractivity contribution in [2.75, 3.05) is 13.2 Å². The van der Waals surface area contributed by atoms with Gasteiger partial charge in [-0.1, -0.05) is 0 Å². The molecule has 0 bridgehead atoms. The van der Waals surface area contributed by atoms with Gasteiger partial charge in [-0.3, -0.25) is 4.79 Å². The van der Waals surface area contributed by atoms with Crippen LogP contribution in [-0.4, -0.2) is 40.1 Å². The van der Waals surface area contributed by atoms with E-state index >= 15 is 0 Å². The van der Waals surface area contributed by atoms with Crippen LogP contribution in [0.5, 0.6) is 0 Å². The number of hydrogen-bond acceptors (Lipinski definition) is 4. The molecule has 2 heterocycles.